The van der Waals surface area contributed by atoms with Gasteiger partial charge in [-0.25, -0.2) is 4.39 Å². The number of nitrogens with zero attached hydrogens (tertiary/aromatic N) is 1. The number of nitro groups is 1. The highest BCUT2D eigenvalue weighted by Crippen LogP contribution is 2.22. The van der Waals surface area contributed by atoms with Crippen molar-refractivity contribution < 1.29 is 18.8 Å². The Morgan fingerprint density at radius 3 is 2.56 bits per heavy atom. The normalized spacial score (nSPS) is 11.6. The Kier molecular flexibility index (Phi) is 6.05. The van der Waals surface area contributed by atoms with Crippen molar-refractivity contribution in [2.45, 2.75) is 26.2 Å². The number of anilines is 1. The fraction of sp³-hybridized carbons (Fsp3) is 0.278. The fourth-order valence-electron chi connectivity index (χ4n) is 2.19. The Labute approximate surface area is 144 Å². The Hall–Kier alpha value is -2.96. The molecule has 0 saturated carbocycles. The van der Waals surface area contributed by atoms with Gasteiger partial charge in [0.05, 0.1) is 10.6 Å². The molecule has 2 rings (SSSR count). The van der Waals surface area contributed by atoms with Crippen LogP contribution < -0.4 is 10.1 Å². The smallest absolute Gasteiger partial charge is 0.271 e. The van der Waals surface area contributed by atoms with Crippen molar-refractivity contribution in [2.24, 2.45) is 0 Å². The topological polar surface area (TPSA) is 81.5 Å². The van der Waals surface area contributed by atoms with Crippen LogP contribution in [-0.2, 0) is 4.79 Å². The van der Waals surface area contributed by atoms with Gasteiger partial charge in [0.2, 0.25) is 0 Å². The average molecular weight is 346 g/mol. The Morgan fingerprint density at radius 2 is 1.96 bits per heavy atom. The van der Waals surface area contributed by atoms with Crippen molar-refractivity contribution in [3.63, 3.8) is 0 Å². The standard InChI is InChI=1S/C18H19FN2O4/c1-3-12(2)13-4-7-15(8-5-13)25-11-18(22)20-17-10-14(21(23)24)6-9-16(17)19/h4-10,12H,3,11H2,1-2H3,(H,20,22)/t12-/m1/s1. The van der Waals surface area contributed by atoms with E-state index in [0.717, 1.165) is 24.6 Å². The van der Waals surface area contributed by atoms with E-state index in [9.17, 15) is 19.3 Å². The molecule has 0 radical (unpaired) electrons. The molecule has 0 bridgehead atoms. The second-order valence-corrected chi connectivity index (χ2v) is 5.64. The number of carbonyl (C=O) groups is 1. The summed E-state index contributed by atoms with van der Waals surface area (Å²) in [6, 6.07) is 10.3. The monoisotopic (exact) mass is 346 g/mol. The third kappa shape index (κ3) is 5.00. The quantitative estimate of drug-likeness (QED) is 0.600. The van der Waals surface area contributed by atoms with Crippen LogP contribution in [0, 0.1) is 15.9 Å². The predicted molar refractivity (Wildman–Crippen MR) is 92.3 cm³/mol. The minimum atomic E-state index is -0.753. The van der Waals surface area contributed by atoms with Gasteiger partial charge in [-0.15, -0.1) is 0 Å². The van der Waals surface area contributed by atoms with Gasteiger partial charge in [-0.2, -0.15) is 0 Å². The lowest BCUT2D eigenvalue weighted by molar-refractivity contribution is -0.384. The predicted octanol–water partition coefficient (Wildman–Crippen LogP) is 4.26. The van der Waals surface area contributed by atoms with Crippen molar-refractivity contribution in [3.05, 3.63) is 64.0 Å². The SMILES string of the molecule is CC[C@@H](C)c1ccc(OCC(=O)Nc2cc([N+](=O)[O-])ccc2F)cc1. The van der Waals surface area contributed by atoms with Crippen molar-refractivity contribution in [1.82, 2.24) is 0 Å². The lowest BCUT2D eigenvalue weighted by atomic mass is 9.99. The first-order valence-electron chi connectivity index (χ1n) is 7.87. The minimum Gasteiger partial charge on any atom is -0.484 e. The summed E-state index contributed by atoms with van der Waals surface area (Å²) < 4.78 is 19.0. The number of halogens is 1. The summed E-state index contributed by atoms with van der Waals surface area (Å²) >= 11 is 0. The molecule has 0 unspecified atom stereocenters. The largest absolute Gasteiger partial charge is 0.484 e. The molecule has 1 N–H and O–H groups in total. The first-order valence-corrected chi connectivity index (χ1v) is 7.87. The number of ether oxygens (including phenoxy) is 1. The summed E-state index contributed by atoms with van der Waals surface area (Å²) in [6.07, 6.45) is 1.03. The molecular formula is C18H19FN2O4. The molecule has 6 nitrogen and oxygen atoms in total. The van der Waals surface area contributed by atoms with Crippen LogP contribution in [0.15, 0.2) is 42.5 Å². The summed E-state index contributed by atoms with van der Waals surface area (Å²) in [5.41, 5.74) is 0.617. The highest BCUT2D eigenvalue weighted by atomic mass is 19.1. The number of hydrogen-bond acceptors (Lipinski definition) is 4. The van der Waals surface area contributed by atoms with Crippen LogP contribution in [0.4, 0.5) is 15.8 Å². The van der Waals surface area contributed by atoms with Crippen molar-refractivity contribution >= 4 is 17.3 Å². The molecule has 25 heavy (non-hydrogen) atoms. The molecule has 2 aromatic rings. The van der Waals surface area contributed by atoms with Gasteiger partial charge in [-0.3, -0.25) is 14.9 Å². The lowest BCUT2D eigenvalue weighted by Gasteiger charge is -2.11. The number of nitro benzene ring substituents is 1. The number of non-ortho nitro benzene ring substituents is 1. The molecule has 0 aromatic heterocycles. The van der Waals surface area contributed by atoms with Crippen molar-refractivity contribution in [3.8, 4) is 5.75 Å². The maximum Gasteiger partial charge on any atom is 0.271 e. The molecule has 2 aromatic carbocycles. The molecule has 0 aliphatic carbocycles. The molecule has 0 fully saturated rings. The lowest BCUT2D eigenvalue weighted by Crippen LogP contribution is -2.20. The second-order valence-electron chi connectivity index (χ2n) is 5.64. The average Bonchev–Trinajstić information content (AvgIpc) is 2.61. The zero-order valence-corrected chi connectivity index (χ0v) is 14.0. The van der Waals surface area contributed by atoms with E-state index in [1.807, 2.05) is 12.1 Å². The van der Waals surface area contributed by atoms with Crippen LogP contribution in [0.5, 0.6) is 5.75 Å². The molecule has 1 amide bonds. The van der Waals surface area contributed by atoms with Gasteiger partial charge in [-0.1, -0.05) is 26.0 Å². The van der Waals surface area contributed by atoms with E-state index >= 15 is 0 Å². The van der Waals surface area contributed by atoms with E-state index in [2.05, 4.69) is 19.2 Å². The van der Waals surface area contributed by atoms with Crippen LogP contribution >= 0.6 is 0 Å². The molecule has 0 saturated heterocycles. The molecule has 0 spiro atoms. The number of carbonyl (C=O) groups excluding carboxylic acids is 1. The van der Waals surface area contributed by atoms with Gasteiger partial charge >= 0.3 is 0 Å². The first kappa shape index (κ1) is 18.4. The summed E-state index contributed by atoms with van der Waals surface area (Å²) in [5, 5.41) is 13.0. The van der Waals surface area contributed by atoms with Crippen molar-refractivity contribution in [2.75, 3.05) is 11.9 Å². The molecule has 132 valence electrons. The Balaban J connectivity index is 1.95. The maximum atomic E-state index is 13.6. The van der Waals surface area contributed by atoms with Crippen LogP contribution in [0.1, 0.15) is 31.7 Å². The van der Waals surface area contributed by atoms with Gasteiger partial charge in [0, 0.05) is 12.1 Å². The van der Waals surface area contributed by atoms with E-state index in [4.69, 9.17) is 4.74 Å². The van der Waals surface area contributed by atoms with E-state index in [1.165, 1.54) is 5.56 Å². The number of nitrogens with one attached hydrogen (secondary N) is 1. The zero-order valence-electron chi connectivity index (χ0n) is 14.0. The first-order chi connectivity index (χ1) is 11.9. The van der Waals surface area contributed by atoms with Crippen LogP contribution in [0.25, 0.3) is 0 Å². The maximum absolute atomic E-state index is 13.6. The number of benzene rings is 2. The molecule has 0 aliphatic heterocycles. The highest BCUT2D eigenvalue weighted by molar-refractivity contribution is 5.92. The summed E-state index contributed by atoms with van der Waals surface area (Å²) in [7, 11) is 0. The molecule has 7 heteroatoms. The van der Waals surface area contributed by atoms with Gasteiger partial charge in [-0.05, 0) is 36.1 Å². The van der Waals surface area contributed by atoms with E-state index in [-0.39, 0.29) is 18.0 Å². The number of amides is 1. The zero-order chi connectivity index (χ0) is 18.4. The molecule has 1 atom stereocenters. The Morgan fingerprint density at radius 1 is 1.28 bits per heavy atom. The number of rotatable bonds is 7. The van der Waals surface area contributed by atoms with Crippen molar-refractivity contribution in [1.29, 1.82) is 0 Å². The molecule has 0 aliphatic rings. The molecule has 0 heterocycles. The Bertz CT molecular complexity index is 762. The van der Waals surface area contributed by atoms with E-state index < -0.39 is 16.6 Å². The molecular weight excluding hydrogens is 327 g/mol. The minimum absolute atomic E-state index is 0.255. The highest BCUT2D eigenvalue weighted by Gasteiger charge is 2.13. The van der Waals surface area contributed by atoms with Crippen LogP contribution in [0.2, 0.25) is 0 Å². The van der Waals surface area contributed by atoms with Gasteiger partial charge < -0.3 is 10.1 Å². The van der Waals surface area contributed by atoms with E-state index in [1.54, 1.807) is 12.1 Å². The summed E-state index contributed by atoms with van der Waals surface area (Å²) in [4.78, 5) is 21.9. The van der Waals surface area contributed by atoms with Gasteiger partial charge in [0.15, 0.2) is 6.61 Å². The van der Waals surface area contributed by atoms with Crippen LogP contribution in [0.3, 0.4) is 0 Å². The fourth-order valence-corrected chi connectivity index (χ4v) is 2.19. The van der Waals surface area contributed by atoms with Crippen LogP contribution in [-0.4, -0.2) is 17.4 Å². The number of hydrogen-bond donors (Lipinski definition) is 1. The third-order valence-electron chi connectivity index (χ3n) is 3.87. The third-order valence-corrected chi connectivity index (χ3v) is 3.87. The van der Waals surface area contributed by atoms with E-state index in [0.29, 0.717) is 11.7 Å². The second kappa shape index (κ2) is 8.23. The summed E-state index contributed by atoms with van der Waals surface area (Å²) in [5.74, 6) is -0.404. The van der Waals surface area contributed by atoms with Gasteiger partial charge in [0.25, 0.3) is 11.6 Å². The summed E-state index contributed by atoms with van der Waals surface area (Å²) in [6.45, 7) is 3.90. The van der Waals surface area contributed by atoms with Gasteiger partial charge in [0.1, 0.15) is 11.6 Å².